The van der Waals surface area contributed by atoms with Crippen LogP contribution in [0.5, 0.6) is 0 Å². The third-order valence-electron chi connectivity index (χ3n) is 5.35. The summed E-state index contributed by atoms with van der Waals surface area (Å²) in [6, 6.07) is 35.0. The average Bonchev–Trinajstić information content (AvgIpc) is 2.81. The van der Waals surface area contributed by atoms with Crippen LogP contribution in [0.4, 0.5) is 5.69 Å². The highest BCUT2D eigenvalue weighted by Crippen LogP contribution is 2.27. The molecule has 0 bridgehead atoms. The van der Waals surface area contributed by atoms with Gasteiger partial charge in [-0.3, -0.25) is 4.79 Å². The first-order valence-corrected chi connectivity index (χ1v) is 10.4. The molecule has 4 aromatic rings. The number of anilines is 1. The first-order chi connectivity index (χ1) is 14.8. The van der Waals surface area contributed by atoms with E-state index in [1.807, 2.05) is 54.6 Å². The van der Waals surface area contributed by atoms with Crippen molar-refractivity contribution in [3.8, 4) is 0 Å². The van der Waals surface area contributed by atoms with Gasteiger partial charge in [0.1, 0.15) is 0 Å². The molecule has 0 unspecified atom stereocenters. The van der Waals surface area contributed by atoms with Crippen molar-refractivity contribution in [3.05, 3.63) is 114 Å². The summed E-state index contributed by atoms with van der Waals surface area (Å²) in [6.07, 6.45) is 0.433. The number of fused-ring (bicyclic) bond motifs is 1. The van der Waals surface area contributed by atoms with Gasteiger partial charge in [0.05, 0.1) is 0 Å². The van der Waals surface area contributed by atoms with Crippen LogP contribution in [0, 0.1) is 0 Å². The molecule has 0 aliphatic heterocycles. The summed E-state index contributed by atoms with van der Waals surface area (Å²) in [4.78, 5) is 12.7. The third-order valence-corrected chi connectivity index (χ3v) is 5.35. The van der Waals surface area contributed by atoms with Gasteiger partial charge in [-0.2, -0.15) is 0 Å². The highest BCUT2D eigenvalue weighted by molar-refractivity contribution is 5.93. The monoisotopic (exact) mass is 394 g/mol. The van der Waals surface area contributed by atoms with Crippen molar-refractivity contribution in [2.24, 2.45) is 0 Å². The van der Waals surface area contributed by atoms with Crippen LogP contribution in [-0.4, -0.2) is 19.0 Å². The van der Waals surface area contributed by atoms with Gasteiger partial charge < -0.3 is 10.6 Å². The van der Waals surface area contributed by atoms with E-state index < -0.39 is 0 Å². The second kappa shape index (κ2) is 9.75. The van der Waals surface area contributed by atoms with Gasteiger partial charge in [0.2, 0.25) is 5.91 Å². The number of nitrogens with one attached hydrogen (secondary N) is 2. The zero-order valence-electron chi connectivity index (χ0n) is 16.9. The van der Waals surface area contributed by atoms with E-state index in [9.17, 15) is 4.79 Å². The SMILES string of the molecule is O=C(CC(c1ccccc1)c1ccccc1)NCCNc1cccc2ccccc12. The molecule has 0 heterocycles. The van der Waals surface area contributed by atoms with E-state index in [2.05, 4.69) is 59.2 Å². The maximum absolute atomic E-state index is 12.7. The Morgan fingerprint density at radius 3 is 1.97 bits per heavy atom. The van der Waals surface area contributed by atoms with E-state index >= 15 is 0 Å². The van der Waals surface area contributed by atoms with E-state index in [1.165, 1.54) is 10.8 Å². The molecule has 1 amide bonds. The largest absolute Gasteiger partial charge is 0.383 e. The fourth-order valence-electron chi connectivity index (χ4n) is 3.84. The lowest BCUT2D eigenvalue weighted by Gasteiger charge is -2.18. The predicted octanol–water partition coefficient (Wildman–Crippen LogP) is 5.59. The van der Waals surface area contributed by atoms with Crippen LogP contribution in [-0.2, 0) is 4.79 Å². The number of hydrogen-bond donors (Lipinski definition) is 2. The van der Waals surface area contributed by atoms with Gasteiger partial charge in [-0.25, -0.2) is 0 Å². The van der Waals surface area contributed by atoms with Crippen LogP contribution in [0.25, 0.3) is 10.8 Å². The molecule has 0 fully saturated rings. The fourth-order valence-corrected chi connectivity index (χ4v) is 3.84. The van der Waals surface area contributed by atoms with Crippen molar-refractivity contribution in [2.75, 3.05) is 18.4 Å². The van der Waals surface area contributed by atoms with E-state index in [-0.39, 0.29) is 11.8 Å². The van der Waals surface area contributed by atoms with Gasteiger partial charge in [0, 0.05) is 36.5 Å². The number of benzene rings is 4. The fraction of sp³-hybridized carbons (Fsp3) is 0.148. The van der Waals surface area contributed by atoms with Crippen molar-refractivity contribution in [1.29, 1.82) is 0 Å². The molecule has 0 aliphatic rings. The van der Waals surface area contributed by atoms with Gasteiger partial charge >= 0.3 is 0 Å². The predicted molar refractivity (Wildman–Crippen MR) is 125 cm³/mol. The standard InChI is InChI=1S/C27H26N2O/c30-27(20-25(22-10-3-1-4-11-22)23-12-5-2-6-13-23)29-19-18-28-26-17-9-15-21-14-7-8-16-24(21)26/h1-17,25,28H,18-20H2,(H,29,30). The summed E-state index contributed by atoms with van der Waals surface area (Å²) in [5.41, 5.74) is 3.41. The van der Waals surface area contributed by atoms with Crippen molar-refractivity contribution in [2.45, 2.75) is 12.3 Å². The minimum absolute atomic E-state index is 0.0541. The second-order valence-corrected chi connectivity index (χ2v) is 7.38. The van der Waals surface area contributed by atoms with Crippen molar-refractivity contribution in [1.82, 2.24) is 5.32 Å². The van der Waals surface area contributed by atoms with E-state index in [4.69, 9.17) is 0 Å². The highest BCUT2D eigenvalue weighted by atomic mass is 16.1. The summed E-state index contributed by atoms with van der Waals surface area (Å²) in [6.45, 7) is 1.26. The molecular formula is C27H26N2O. The lowest BCUT2D eigenvalue weighted by Crippen LogP contribution is -2.30. The van der Waals surface area contributed by atoms with Crippen LogP contribution >= 0.6 is 0 Å². The number of carbonyl (C=O) groups is 1. The Kier molecular flexibility index (Phi) is 6.41. The molecular weight excluding hydrogens is 368 g/mol. The quantitative estimate of drug-likeness (QED) is 0.383. The van der Waals surface area contributed by atoms with Crippen LogP contribution in [0.2, 0.25) is 0 Å². The molecule has 0 atom stereocenters. The molecule has 2 N–H and O–H groups in total. The second-order valence-electron chi connectivity index (χ2n) is 7.38. The maximum Gasteiger partial charge on any atom is 0.221 e. The summed E-state index contributed by atoms with van der Waals surface area (Å²) < 4.78 is 0. The van der Waals surface area contributed by atoms with Gasteiger partial charge in [0.25, 0.3) is 0 Å². The lowest BCUT2D eigenvalue weighted by molar-refractivity contribution is -0.121. The van der Waals surface area contributed by atoms with E-state index in [0.29, 0.717) is 19.5 Å². The van der Waals surface area contributed by atoms with Gasteiger partial charge in [-0.1, -0.05) is 97.1 Å². The van der Waals surface area contributed by atoms with E-state index in [0.717, 1.165) is 16.8 Å². The molecule has 0 saturated heterocycles. The van der Waals surface area contributed by atoms with E-state index in [1.54, 1.807) is 0 Å². The molecule has 0 radical (unpaired) electrons. The minimum atomic E-state index is 0.0541. The van der Waals surface area contributed by atoms with Crippen molar-refractivity contribution >= 4 is 22.4 Å². The Balaban J connectivity index is 1.35. The Labute approximate surface area is 177 Å². The summed E-state index contributed by atoms with van der Waals surface area (Å²) in [5, 5.41) is 8.92. The molecule has 3 heteroatoms. The smallest absolute Gasteiger partial charge is 0.221 e. The number of rotatable bonds is 8. The minimum Gasteiger partial charge on any atom is -0.383 e. The van der Waals surface area contributed by atoms with Gasteiger partial charge in [-0.15, -0.1) is 0 Å². The molecule has 30 heavy (non-hydrogen) atoms. The first-order valence-electron chi connectivity index (χ1n) is 10.4. The van der Waals surface area contributed by atoms with Crippen LogP contribution in [0.3, 0.4) is 0 Å². The normalized spacial score (nSPS) is 10.8. The Hall–Kier alpha value is -3.59. The molecule has 0 aliphatic carbocycles. The Morgan fingerprint density at radius 1 is 0.667 bits per heavy atom. The van der Waals surface area contributed by atoms with Gasteiger partial charge in [-0.05, 0) is 22.6 Å². The van der Waals surface area contributed by atoms with Gasteiger partial charge in [0.15, 0.2) is 0 Å². The number of carbonyl (C=O) groups excluding carboxylic acids is 1. The number of amides is 1. The summed E-state index contributed by atoms with van der Waals surface area (Å²) >= 11 is 0. The highest BCUT2D eigenvalue weighted by Gasteiger charge is 2.17. The molecule has 4 aromatic carbocycles. The maximum atomic E-state index is 12.7. The van der Waals surface area contributed by atoms with Crippen molar-refractivity contribution in [3.63, 3.8) is 0 Å². The number of hydrogen-bond acceptors (Lipinski definition) is 2. The summed E-state index contributed by atoms with van der Waals surface area (Å²) in [7, 11) is 0. The first kappa shape index (κ1) is 19.7. The molecule has 3 nitrogen and oxygen atoms in total. The lowest BCUT2D eigenvalue weighted by atomic mass is 9.88. The third kappa shape index (κ3) is 4.87. The van der Waals surface area contributed by atoms with Crippen LogP contribution in [0.15, 0.2) is 103 Å². The van der Waals surface area contributed by atoms with Crippen LogP contribution < -0.4 is 10.6 Å². The van der Waals surface area contributed by atoms with Crippen molar-refractivity contribution < 1.29 is 4.79 Å². The molecule has 4 rings (SSSR count). The van der Waals surface area contributed by atoms with Crippen LogP contribution in [0.1, 0.15) is 23.5 Å². The molecule has 150 valence electrons. The Morgan fingerprint density at radius 2 is 1.27 bits per heavy atom. The zero-order chi connectivity index (χ0) is 20.6. The Bertz CT molecular complexity index is 1050. The molecule has 0 spiro atoms. The average molecular weight is 395 g/mol. The molecule has 0 aromatic heterocycles. The summed E-state index contributed by atoms with van der Waals surface area (Å²) in [5.74, 6) is 0.117. The topological polar surface area (TPSA) is 41.1 Å². The molecule has 0 saturated carbocycles. The zero-order valence-corrected chi connectivity index (χ0v) is 16.9.